The fourth-order valence-electron chi connectivity index (χ4n) is 1.60. The topological polar surface area (TPSA) is 110 Å². The average molecular weight is 201 g/mol. The number of nitrogens with two attached hydrogens (primary N) is 2. The summed E-state index contributed by atoms with van der Waals surface area (Å²) in [4.78, 5) is 23.6. The molecule has 1 amide bonds. The number of carboxylic acids is 1. The predicted molar refractivity (Wildman–Crippen MR) is 49.4 cm³/mol. The van der Waals surface area contributed by atoms with Crippen LogP contribution in [0.5, 0.6) is 0 Å². The maximum Gasteiger partial charge on any atom is 0.326 e. The largest absolute Gasteiger partial charge is 0.480 e. The highest BCUT2D eigenvalue weighted by Crippen LogP contribution is 2.17. The summed E-state index contributed by atoms with van der Waals surface area (Å²) >= 11 is 0. The van der Waals surface area contributed by atoms with E-state index in [4.69, 9.17) is 16.6 Å². The van der Waals surface area contributed by atoms with Gasteiger partial charge in [-0.25, -0.2) is 4.79 Å². The molecule has 0 saturated carbocycles. The lowest BCUT2D eigenvalue weighted by Gasteiger charge is -2.23. The van der Waals surface area contributed by atoms with Crippen LogP contribution in [0.4, 0.5) is 0 Å². The minimum atomic E-state index is -0.972. The molecule has 6 heteroatoms. The van der Waals surface area contributed by atoms with Gasteiger partial charge in [0.15, 0.2) is 0 Å². The molecule has 0 aromatic heterocycles. The summed E-state index contributed by atoms with van der Waals surface area (Å²) < 4.78 is 0. The van der Waals surface area contributed by atoms with Crippen molar-refractivity contribution in [2.75, 3.05) is 13.1 Å². The number of rotatable bonds is 3. The van der Waals surface area contributed by atoms with Crippen LogP contribution in [0.25, 0.3) is 0 Å². The maximum absolute atomic E-state index is 11.5. The first-order valence-corrected chi connectivity index (χ1v) is 4.57. The van der Waals surface area contributed by atoms with Gasteiger partial charge in [0.2, 0.25) is 5.91 Å². The van der Waals surface area contributed by atoms with Gasteiger partial charge in [-0.1, -0.05) is 0 Å². The van der Waals surface area contributed by atoms with Crippen LogP contribution >= 0.6 is 0 Å². The Morgan fingerprint density at radius 2 is 2.21 bits per heavy atom. The molecule has 1 aliphatic rings. The highest BCUT2D eigenvalue weighted by atomic mass is 16.4. The van der Waals surface area contributed by atoms with Gasteiger partial charge in [-0.15, -0.1) is 0 Å². The summed E-state index contributed by atoms with van der Waals surface area (Å²) in [5.74, 6) is -1.34. The Balaban J connectivity index is 2.67. The van der Waals surface area contributed by atoms with Crippen LogP contribution in [-0.4, -0.2) is 47.1 Å². The Morgan fingerprint density at radius 3 is 2.71 bits per heavy atom. The first-order chi connectivity index (χ1) is 6.57. The molecule has 0 bridgehead atoms. The first kappa shape index (κ1) is 10.9. The summed E-state index contributed by atoms with van der Waals surface area (Å²) in [6, 6.07) is -1.50. The first-order valence-electron chi connectivity index (χ1n) is 4.57. The highest BCUT2D eigenvalue weighted by Gasteiger charge is 2.35. The number of aliphatic carboxylic acids is 1. The fourth-order valence-corrected chi connectivity index (χ4v) is 1.60. The van der Waals surface area contributed by atoms with Gasteiger partial charge in [-0.3, -0.25) is 4.79 Å². The van der Waals surface area contributed by atoms with Crippen LogP contribution < -0.4 is 11.5 Å². The van der Waals surface area contributed by atoms with Gasteiger partial charge in [0.05, 0.1) is 6.04 Å². The van der Waals surface area contributed by atoms with Gasteiger partial charge < -0.3 is 21.5 Å². The van der Waals surface area contributed by atoms with Crippen molar-refractivity contribution in [3.63, 3.8) is 0 Å². The molecule has 0 aliphatic carbocycles. The Hall–Kier alpha value is -1.14. The minimum absolute atomic E-state index is 0.0433. The molecule has 0 radical (unpaired) electrons. The van der Waals surface area contributed by atoms with Crippen molar-refractivity contribution in [3.8, 4) is 0 Å². The van der Waals surface area contributed by atoms with Crippen molar-refractivity contribution >= 4 is 11.9 Å². The van der Waals surface area contributed by atoms with Crippen molar-refractivity contribution in [1.82, 2.24) is 4.90 Å². The fraction of sp³-hybridized carbons (Fsp3) is 0.750. The van der Waals surface area contributed by atoms with E-state index in [1.807, 2.05) is 0 Å². The van der Waals surface area contributed by atoms with Gasteiger partial charge in [0.1, 0.15) is 6.04 Å². The van der Waals surface area contributed by atoms with Crippen molar-refractivity contribution in [2.45, 2.75) is 24.9 Å². The van der Waals surface area contributed by atoms with Crippen molar-refractivity contribution in [3.05, 3.63) is 0 Å². The number of hydrogen-bond acceptors (Lipinski definition) is 4. The lowest BCUT2D eigenvalue weighted by atomic mass is 10.2. The van der Waals surface area contributed by atoms with E-state index in [1.165, 1.54) is 4.90 Å². The van der Waals surface area contributed by atoms with Crippen LogP contribution in [-0.2, 0) is 9.59 Å². The molecule has 0 aromatic rings. The third kappa shape index (κ3) is 2.02. The quantitative estimate of drug-likeness (QED) is 0.506. The molecular formula is C8H15N3O3. The normalized spacial score (nSPS) is 23.6. The summed E-state index contributed by atoms with van der Waals surface area (Å²) in [6.45, 7) is 0.505. The standard InChI is InChI=1S/C8H15N3O3/c9-4-5(10)7(12)11-3-1-2-6(11)8(13)14/h5-6H,1-4,9-10H2,(H,13,14)/t5-,6-/m0/s1. The lowest BCUT2D eigenvalue weighted by Crippen LogP contribution is -2.51. The van der Waals surface area contributed by atoms with E-state index in [0.717, 1.165) is 0 Å². The molecule has 2 atom stereocenters. The zero-order chi connectivity index (χ0) is 10.7. The molecule has 1 aliphatic heterocycles. The molecule has 0 spiro atoms. The molecule has 1 fully saturated rings. The van der Waals surface area contributed by atoms with Crippen LogP contribution in [0, 0.1) is 0 Å². The van der Waals surface area contributed by atoms with Crippen molar-refractivity contribution in [1.29, 1.82) is 0 Å². The molecule has 0 aromatic carbocycles. The van der Waals surface area contributed by atoms with Crippen molar-refractivity contribution < 1.29 is 14.7 Å². The van der Waals surface area contributed by atoms with Gasteiger partial charge >= 0.3 is 5.97 Å². The lowest BCUT2D eigenvalue weighted by molar-refractivity contribution is -0.148. The Labute approximate surface area is 81.8 Å². The van der Waals surface area contributed by atoms with Crippen LogP contribution in [0.2, 0.25) is 0 Å². The van der Waals surface area contributed by atoms with E-state index in [9.17, 15) is 9.59 Å². The molecule has 0 unspecified atom stereocenters. The average Bonchev–Trinajstić information content (AvgIpc) is 2.63. The molecule has 1 saturated heterocycles. The van der Waals surface area contributed by atoms with E-state index in [-0.39, 0.29) is 12.5 Å². The summed E-state index contributed by atoms with van der Waals surface area (Å²) in [5.41, 5.74) is 10.7. The monoisotopic (exact) mass is 201 g/mol. The molecule has 6 nitrogen and oxygen atoms in total. The second-order valence-corrected chi connectivity index (χ2v) is 3.37. The van der Waals surface area contributed by atoms with Gasteiger partial charge in [-0.05, 0) is 12.8 Å². The third-order valence-electron chi connectivity index (χ3n) is 2.39. The Morgan fingerprint density at radius 1 is 1.57 bits per heavy atom. The van der Waals surface area contributed by atoms with Crippen LogP contribution in [0.1, 0.15) is 12.8 Å². The second-order valence-electron chi connectivity index (χ2n) is 3.37. The zero-order valence-corrected chi connectivity index (χ0v) is 7.85. The maximum atomic E-state index is 11.5. The second kappa shape index (κ2) is 4.39. The molecule has 1 heterocycles. The number of carboxylic acid groups (broad SMARTS) is 1. The number of hydrogen-bond donors (Lipinski definition) is 3. The zero-order valence-electron chi connectivity index (χ0n) is 7.85. The van der Waals surface area contributed by atoms with Gasteiger partial charge in [0, 0.05) is 13.1 Å². The number of carbonyl (C=O) groups is 2. The van der Waals surface area contributed by atoms with E-state index >= 15 is 0 Å². The number of carbonyl (C=O) groups excluding carboxylic acids is 1. The number of amides is 1. The predicted octanol–water partition coefficient (Wildman–Crippen LogP) is -1.65. The number of likely N-dealkylation sites (tertiary alicyclic amines) is 1. The summed E-state index contributed by atoms with van der Waals surface area (Å²) in [6.07, 6.45) is 1.21. The Kier molecular flexibility index (Phi) is 3.43. The molecule has 5 N–H and O–H groups in total. The Bertz CT molecular complexity index is 244. The van der Waals surface area contributed by atoms with E-state index in [0.29, 0.717) is 19.4 Å². The van der Waals surface area contributed by atoms with E-state index in [1.54, 1.807) is 0 Å². The van der Waals surface area contributed by atoms with E-state index < -0.39 is 18.1 Å². The molecular weight excluding hydrogens is 186 g/mol. The smallest absolute Gasteiger partial charge is 0.326 e. The molecule has 1 rings (SSSR count). The number of nitrogens with zero attached hydrogens (tertiary/aromatic N) is 1. The van der Waals surface area contributed by atoms with E-state index in [2.05, 4.69) is 0 Å². The third-order valence-corrected chi connectivity index (χ3v) is 2.39. The minimum Gasteiger partial charge on any atom is -0.480 e. The summed E-state index contributed by atoms with van der Waals surface area (Å²) in [5, 5.41) is 8.82. The van der Waals surface area contributed by atoms with Crippen molar-refractivity contribution in [2.24, 2.45) is 11.5 Å². The van der Waals surface area contributed by atoms with Gasteiger partial charge in [-0.2, -0.15) is 0 Å². The highest BCUT2D eigenvalue weighted by molar-refractivity contribution is 5.87. The molecule has 80 valence electrons. The van der Waals surface area contributed by atoms with Crippen LogP contribution in [0.3, 0.4) is 0 Å². The molecule has 14 heavy (non-hydrogen) atoms. The SMILES string of the molecule is NC[C@H](N)C(=O)N1CCC[C@H]1C(=O)O. The van der Waals surface area contributed by atoms with Gasteiger partial charge in [0.25, 0.3) is 0 Å². The van der Waals surface area contributed by atoms with Crippen LogP contribution in [0.15, 0.2) is 0 Å². The summed E-state index contributed by atoms with van der Waals surface area (Å²) in [7, 11) is 0.